The molecular formula is C27H30N4O3S. The fourth-order valence-electron chi connectivity index (χ4n) is 6.95. The fraction of sp³-hybridized carbons (Fsp3) is 0.481. The molecule has 7 nitrogen and oxygen atoms in total. The second kappa shape index (κ2) is 9.30. The molecule has 0 radical (unpaired) electrons. The third kappa shape index (κ3) is 4.56. The summed E-state index contributed by atoms with van der Waals surface area (Å²) in [6, 6.07) is 11.8. The van der Waals surface area contributed by atoms with Crippen LogP contribution < -0.4 is 4.74 Å². The molecule has 2 heterocycles. The normalized spacial score (nSPS) is 26.6. The molecule has 7 rings (SSSR count). The van der Waals surface area contributed by atoms with E-state index >= 15 is 0 Å². The van der Waals surface area contributed by atoms with E-state index in [1.54, 1.807) is 19.5 Å². The first kappa shape index (κ1) is 22.6. The minimum atomic E-state index is -0.0352. The van der Waals surface area contributed by atoms with Crippen LogP contribution in [0, 0.1) is 17.8 Å². The number of hydrogen-bond donors (Lipinski definition) is 0. The Bertz CT molecular complexity index is 1160. The molecule has 8 heteroatoms. The lowest BCUT2D eigenvalue weighted by molar-refractivity contribution is -0.149. The molecule has 2 aromatic heterocycles. The number of ether oxygens (including phenoxy) is 1. The third-order valence-electron chi connectivity index (χ3n) is 8.01. The number of methoxy groups -OCH3 is 1. The van der Waals surface area contributed by atoms with Gasteiger partial charge in [0, 0.05) is 30.0 Å². The molecule has 0 aliphatic heterocycles. The first-order valence-corrected chi connectivity index (χ1v) is 13.4. The second-order valence-corrected chi connectivity index (χ2v) is 11.3. The summed E-state index contributed by atoms with van der Waals surface area (Å²) in [6.07, 6.45) is 10.8. The Kier molecular flexibility index (Phi) is 6.00. The summed E-state index contributed by atoms with van der Waals surface area (Å²) in [5.74, 6) is 3.96. The molecule has 1 amide bonds. The Morgan fingerprint density at radius 3 is 2.49 bits per heavy atom. The van der Waals surface area contributed by atoms with Crippen molar-refractivity contribution >= 4 is 17.7 Å². The van der Waals surface area contributed by atoms with Crippen molar-refractivity contribution in [3.8, 4) is 17.2 Å². The monoisotopic (exact) mass is 490 g/mol. The average Bonchev–Trinajstić information content (AvgIpc) is 3.35. The zero-order valence-corrected chi connectivity index (χ0v) is 20.7. The van der Waals surface area contributed by atoms with E-state index in [2.05, 4.69) is 26.1 Å². The minimum absolute atomic E-state index is 0.0352. The predicted molar refractivity (Wildman–Crippen MR) is 133 cm³/mol. The van der Waals surface area contributed by atoms with Crippen molar-refractivity contribution in [2.75, 3.05) is 12.9 Å². The maximum absolute atomic E-state index is 13.8. The Morgan fingerprint density at radius 2 is 1.80 bits per heavy atom. The number of nitrogens with zero attached hydrogens (tertiary/aromatic N) is 4. The smallest absolute Gasteiger partial charge is 0.277 e. The fourth-order valence-corrected chi connectivity index (χ4v) is 7.59. The molecule has 1 aromatic carbocycles. The van der Waals surface area contributed by atoms with E-state index in [1.807, 2.05) is 30.3 Å². The molecule has 4 bridgehead atoms. The van der Waals surface area contributed by atoms with Crippen LogP contribution in [0.3, 0.4) is 0 Å². The number of amides is 1. The molecule has 4 aliphatic rings. The largest absolute Gasteiger partial charge is 0.497 e. The highest BCUT2D eigenvalue weighted by atomic mass is 32.2. The molecule has 4 saturated carbocycles. The van der Waals surface area contributed by atoms with Gasteiger partial charge in [-0.1, -0.05) is 23.9 Å². The van der Waals surface area contributed by atoms with Gasteiger partial charge in [-0.2, -0.15) is 0 Å². The SMILES string of the molecule is COc1cccc(CN(C(=O)CSc2nnc(-c3ccncc3)o2)C23CC4CC(CC(C4)C2)C3)c1. The zero-order chi connectivity index (χ0) is 23.8. The first-order valence-electron chi connectivity index (χ1n) is 12.4. The number of benzene rings is 1. The summed E-state index contributed by atoms with van der Waals surface area (Å²) in [5, 5.41) is 8.72. The molecule has 0 N–H and O–H groups in total. The van der Waals surface area contributed by atoms with Crippen LogP contribution in [0.15, 0.2) is 58.4 Å². The number of carbonyl (C=O) groups is 1. The van der Waals surface area contributed by atoms with Gasteiger partial charge in [0.25, 0.3) is 5.22 Å². The number of rotatable bonds is 8. The van der Waals surface area contributed by atoms with Gasteiger partial charge in [-0.05, 0) is 86.1 Å². The van der Waals surface area contributed by atoms with Crippen LogP contribution in [0.25, 0.3) is 11.5 Å². The van der Waals surface area contributed by atoms with E-state index < -0.39 is 0 Å². The van der Waals surface area contributed by atoms with Crippen molar-refractivity contribution in [2.24, 2.45) is 17.8 Å². The summed E-state index contributed by atoms with van der Waals surface area (Å²) in [7, 11) is 1.68. The Labute approximate surface area is 209 Å². The summed E-state index contributed by atoms with van der Waals surface area (Å²) in [4.78, 5) is 20.1. The maximum Gasteiger partial charge on any atom is 0.277 e. The van der Waals surface area contributed by atoms with Crippen LogP contribution in [-0.4, -0.2) is 44.4 Å². The van der Waals surface area contributed by atoms with Crippen molar-refractivity contribution in [1.82, 2.24) is 20.1 Å². The average molecular weight is 491 g/mol. The van der Waals surface area contributed by atoms with Crippen LogP contribution in [-0.2, 0) is 11.3 Å². The van der Waals surface area contributed by atoms with Gasteiger partial charge in [0.15, 0.2) is 0 Å². The topological polar surface area (TPSA) is 81.4 Å². The molecule has 4 fully saturated rings. The third-order valence-corrected chi connectivity index (χ3v) is 8.81. The molecule has 0 spiro atoms. The van der Waals surface area contributed by atoms with Crippen molar-refractivity contribution < 1.29 is 13.9 Å². The number of hydrogen-bond acceptors (Lipinski definition) is 7. The first-order chi connectivity index (χ1) is 17.1. The molecule has 35 heavy (non-hydrogen) atoms. The highest BCUT2D eigenvalue weighted by Crippen LogP contribution is 2.58. The molecule has 182 valence electrons. The summed E-state index contributed by atoms with van der Waals surface area (Å²) in [6.45, 7) is 0.606. The lowest BCUT2D eigenvalue weighted by Gasteiger charge is -2.60. The Balaban J connectivity index is 1.22. The number of carbonyl (C=O) groups excluding carboxylic acids is 1. The Hall–Kier alpha value is -2.87. The van der Waals surface area contributed by atoms with Gasteiger partial charge in [-0.25, -0.2) is 0 Å². The van der Waals surface area contributed by atoms with Crippen LogP contribution in [0.2, 0.25) is 0 Å². The molecular weight excluding hydrogens is 460 g/mol. The number of aromatic nitrogens is 3. The Morgan fingerprint density at radius 1 is 1.09 bits per heavy atom. The van der Waals surface area contributed by atoms with Gasteiger partial charge >= 0.3 is 0 Å². The van der Waals surface area contributed by atoms with Crippen molar-refractivity contribution in [3.63, 3.8) is 0 Å². The highest BCUT2D eigenvalue weighted by molar-refractivity contribution is 7.99. The van der Waals surface area contributed by atoms with Gasteiger partial charge in [0.2, 0.25) is 11.8 Å². The van der Waals surface area contributed by atoms with E-state index in [0.29, 0.717) is 17.7 Å². The van der Waals surface area contributed by atoms with Crippen LogP contribution in [0.5, 0.6) is 5.75 Å². The van der Waals surface area contributed by atoms with E-state index in [9.17, 15) is 4.79 Å². The van der Waals surface area contributed by atoms with E-state index in [-0.39, 0.29) is 17.2 Å². The zero-order valence-electron chi connectivity index (χ0n) is 19.9. The molecule has 3 aromatic rings. The quantitative estimate of drug-likeness (QED) is 0.400. The van der Waals surface area contributed by atoms with Crippen LogP contribution >= 0.6 is 11.8 Å². The second-order valence-electron chi connectivity index (χ2n) is 10.4. The van der Waals surface area contributed by atoms with E-state index in [1.165, 1.54) is 31.0 Å². The van der Waals surface area contributed by atoms with Crippen LogP contribution in [0.1, 0.15) is 44.1 Å². The van der Waals surface area contributed by atoms with Gasteiger partial charge in [-0.3, -0.25) is 9.78 Å². The predicted octanol–water partition coefficient (Wildman–Crippen LogP) is 5.23. The van der Waals surface area contributed by atoms with E-state index in [0.717, 1.165) is 53.9 Å². The number of pyridine rings is 1. The maximum atomic E-state index is 13.8. The summed E-state index contributed by atoms with van der Waals surface area (Å²) in [5.41, 5.74) is 1.89. The van der Waals surface area contributed by atoms with Crippen molar-refractivity contribution in [3.05, 3.63) is 54.4 Å². The number of thioether (sulfide) groups is 1. The molecule has 0 saturated heterocycles. The molecule has 0 unspecified atom stereocenters. The van der Waals surface area contributed by atoms with E-state index in [4.69, 9.17) is 9.15 Å². The minimum Gasteiger partial charge on any atom is -0.497 e. The van der Waals surface area contributed by atoms with Gasteiger partial charge in [0.05, 0.1) is 12.9 Å². The lowest BCUT2D eigenvalue weighted by Crippen LogP contribution is -2.61. The highest BCUT2D eigenvalue weighted by Gasteiger charge is 2.54. The van der Waals surface area contributed by atoms with Crippen molar-refractivity contribution in [2.45, 2.75) is 55.8 Å². The molecule has 4 aliphatic carbocycles. The summed E-state index contributed by atoms with van der Waals surface area (Å²) >= 11 is 1.32. The standard InChI is InChI=1S/C27H30N4O3S/c1-33-23-4-2-3-18(12-23)16-31(27-13-19-9-20(14-27)11-21(10-19)15-27)24(32)17-35-26-30-29-25(34-26)22-5-7-28-8-6-22/h2-8,12,19-21H,9-11,13-17H2,1H3. The van der Waals surface area contributed by atoms with Crippen molar-refractivity contribution in [1.29, 1.82) is 0 Å². The van der Waals surface area contributed by atoms with Gasteiger partial charge in [0.1, 0.15) is 5.75 Å². The van der Waals surface area contributed by atoms with Crippen LogP contribution in [0.4, 0.5) is 0 Å². The van der Waals surface area contributed by atoms with Gasteiger partial charge in [-0.15, -0.1) is 10.2 Å². The van der Waals surface area contributed by atoms with Gasteiger partial charge < -0.3 is 14.1 Å². The lowest BCUT2D eigenvalue weighted by atomic mass is 9.52. The summed E-state index contributed by atoms with van der Waals surface area (Å²) < 4.78 is 11.3. The molecule has 0 atom stereocenters.